The van der Waals surface area contributed by atoms with Crippen LogP contribution in [0.5, 0.6) is 0 Å². The van der Waals surface area contributed by atoms with Gasteiger partial charge >= 0.3 is 11.9 Å². The Balaban J connectivity index is 2.36. The second-order valence-corrected chi connectivity index (χ2v) is 5.73. The van der Waals surface area contributed by atoms with Crippen LogP contribution in [0.1, 0.15) is 51.7 Å². The Morgan fingerprint density at radius 1 is 0.818 bits per heavy atom. The number of hydrogen-bond donors (Lipinski definition) is 0. The van der Waals surface area contributed by atoms with E-state index in [2.05, 4.69) is 24.3 Å². The Kier molecular flexibility index (Phi) is 7.64. The van der Waals surface area contributed by atoms with Crippen LogP contribution in [0.3, 0.4) is 0 Å². The molecule has 122 valence electrons. The summed E-state index contributed by atoms with van der Waals surface area (Å²) in [5, 5.41) is 0. The zero-order valence-corrected chi connectivity index (χ0v) is 13.9. The van der Waals surface area contributed by atoms with Crippen molar-refractivity contribution in [3.05, 3.63) is 35.4 Å². The van der Waals surface area contributed by atoms with Crippen LogP contribution in [0.2, 0.25) is 0 Å². The van der Waals surface area contributed by atoms with Crippen LogP contribution in [0.4, 0.5) is 0 Å². The van der Waals surface area contributed by atoms with Crippen LogP contribution in [-0.4, -0.2) is 24.1 Å². The molecular formula is C18H26O4. The summed E-state index contributed by atoms with van der Waals surface area (Å²) < 4.78 is 10.2. The minimum absolute atomic E-state index is 0.0539. The van der Waals surface area contributed by atoms with Crippen molar-refractivity contribution in [1.82, 2.24) is 0 Å². The quantitative estimate of drug-likeness (QED) is 0.690. The number of benzene rings is 1. The van der Waals surface area contributed by atoms with Gasteiger partial charge in [0, 0.05) is 13.8 Å². The molecule has 1 aromatic carbocycles. The highest BCUT2D eigenvalue weighted by Crippen LogP contribution is 2.12. The summed E-state index contributed by atoms with van der Waals surface area (Å²) in [7, 11) is 0. The Bertz CT molecular complexity index is 433. The average Bonchev–Trinajstić information content (AvgIpc) is 2.42. The van der Waals surface area contributed by atoms with Crippen LogP contribution in [-0.2, 0) is 31.9 Å². The van der Waals surface area contributed by atoms with Gasteiger partial charge in [-0.15, -0.1) is 0 Å². The predicted octanol–water partition coefficient (Wildman–Crippen LogP) is 3.46. The summed E-state index contributed by atoms with van der Waals surface area (Å²) >= 11 is 0. The summed E-state index contributed by atoms with van der Waals surface area (Å²) in [6, 6.07) is 8.41. The van der Waals surface area contributed by atoms with Crippen molar-refractivity contribution >= 4 is 11.9 Å². The third-order valence-corrected chi connectivity index (χ3v) is 3.44. The summed E-state index contributed by atoms with van der Waals surface area (Å²) in [6.45, 7) is 6.68. The molecule has 0 heterocycles. The van der Waals surface area contributed by atoms with Gasteiger partial charge in [0.05, 0.1) is 12.2 Å². The molecule has 2 atom stereocenters. The number of esters is 2. The van der Waals surface area contributed by atoms with Crippen molar-refractivity contribution in [2.45, 2.75) is 65.6 Å². The minimum Gasteiger partial charge on any atom is -0.463 e. The number of ether oxygens (including phenoxy) is 2. The van der Waals surface area contributed by atoms with Gasteiger partial charge in [-0.3, -0.25) is 9.59 Å². The zero-order valence-electron chi connectivity index (χ0n) is 13.9. The first-order valence-corrected chi connectivity index (χ1v) is 7.79. The predicted molar refractivity (Wildman–Crippen MR) is 85.5 cm³/mol. The lowest BCUT2D eigenvalue weighted by Gasteiger charge is -2.13. The molecule has 1 rings (SSSR count). The highest BCUT2D eigenvalue weighted by molar-refractivity contribution is 5.66. The van der Waals surface area contributed by atoms with Crippen molar-refractivity contribution in [3.63, 3.8) is 0 Å². The smallest absolute Gasteiger partial charge is 0.302 e. The Labute approximate surface area is 132 Å². The maximum atomic E-state index is 10.9. The van der Waals surface area contributed by atoms with Gasteiger partial charge in [0.25, 0.3) is 0 Å². The fraction of sp³-hybridized carbons (Fsp3) is 0.556. The molecule has 0 radical (unpaired) electrons. The summed E-state index contributed by atoms with van der Waals surface area (Å²) in [6.07, 6.45) is 3.31. The molecule has 0 bridgehead atoms. The number of carbonyl (C=O) groups excluding carboxylic acids is 2. The lowest BCUT2D eigenvalue weighted by Crippen LogP contribution is -2.13. The van der Waals surface area contributed by atoms with Gasteiger partial charge in [0.1, 0.15) is 0 Å². The van der Waals surface area contributed by atoms with Crippen LogP contribution in [0.25, 0.3) is 0 Å². The van der Waals surface area contributed by atoms with Gasteiger partial charge in [-0.25, -0.2) is 0 Å². The third kappa shape index (κ3) is 7.81. The maximum Gasteiger partial charge on any atom is 0.302 e. The molecule has 0 amide bonds. The maximum absolute atomic E-state index is 10.9. The van der Waals surface area contributed by atoms with E-state index >= 15 is 0 Å². The molecule has 4 heteroatoms. The van der Waals surface area contributed by atoms with E-state index < -0.39 is 0 Å². The summed E-state index contributed by atoms with van der Waals surface area (Å²) in [5.41, 5.74) is 2.46. The molecule has 0 aromatic heterocycles. The van der Waals surface area contributed by atoms with Crippen molar-refractivity contribution in [2.24, 2.45) is 0 Å². The van der Waals surface area contributed by atoms with Crippen LogP contribution >= 0.6 is 0 Å². The number of hydrogen-bond acceptors (Lipinski definition) is 4. The summed E-state index contributed by atoms with van der Waals surface area (Å²) in [5.74, 6) is -0.463. The van der Waals surface area contributed by atoms with E-state index in [4.69, 9.17) is 9.47 Å². The number of aryl methyl sites for hydroxylation is 2. The molecule has 0 aliphatic heterocycles. The van der Waals surface area contributed by atoms with Crippen LogP contribution in [0.15, 0.2) is 24.3 Å². The molecule has 0 N–H and O–H groups in total. The Hall–Kier alpha value is -1.84. The Morgan fingerprint density at radius 3 is 1.41 bits per heavy atom. The van der Waals surface area contributed by atoms with Gasteiger partial charge in [-0.1, -0.05) is 24.3 Å². The molecular weight excluding hydrogens is 280 g/mol. The zero-order chi connectivity index (χ0) is 16.5. The van der Waals surface area contributed by atoms with Crippen molar-refractivity contribution in [1.29, 1.82) is 0 Å². The van der Waals surface area contributed by atoms with E-state index in [9.17, 15) is 9.59 Å². The van der Waals surface area contributed by atoms with E-state index in [1.54, 1.807) is 0 Å². The fourth-order valence-electron chi connectivity index (χ4n) is 2.30. The van der Waals surface area contributed by atoms with E-state index in [0.29, 0.717) is 0 Å². The molecule has 0 fully saturated rings. The molecule has 0 saturated heterocycles. The SMILES string of the molecule is CC(=O)O[C@H](C)CCc1ccc(CC[C@@H](C)OC(C)=O)cc1. The number of carbonyl (C=O) groups is 2. The number of rotatable bonds is 8. The highest BCUT2D eigenvalue weighted by atomic mass is 16.5. The largest absolute Gasteiger partial charge is 0.463 e. The van der Waals surface area contributed by atoms with Gasteiger partial charge in [-0.05, 0) is 50.7 Å². The normalized spacial score (nSPS) is 13.3. The fourth-order valence-corrected chi connectivity index (χ4v) is 2.30. The lowest BCUT2D eigenvalue weighted by atomic mass is 10.0. The third-order valence-electron chi connectivity index (χ3n) is 3.44. The van der Waals surface area contributed by atoms with Crippen LogP contribution in [0, 0.1) is 0 Å². The van der Waals surface area contributed by atoms with Gasteiger partial charge in [0.2, 0.25) is 0 Å². The first-order valence-electron chi connectivity index (χ1n) is 7.79. The lowest BCUT2D eigenvalue weighted by molar-refractivity contribution is -0.146. The van der Waals surface area contributed by atoms with E-state index in [0.717, 1.165) is 25.7 Å². The topological polar surface area (TPSA) is 52.6 Å². The molecule has 0 spiro atoms. The van der Waals surface area contributed by atoms with Crippen molar-refractivity contribution < 1.29 is 19.1 Å². The van der Waals surface area contributed by atoms with E-state index in [1.807, 2.05) is 13.8 Å². The molecule has 0 aliphatic rings. The average molecular weight is 306 g/mol. The minimum atomic E-state index is -0.232. The van der Waals surface area contributed by atoms with Crippen molar-refractivity contribution in [3.8, 4) is 0 Å². The second-order valence-electron chi connectivity index (χ2n) is 5.73. The first-order chi connectivity index (χ1) is 10.4. The molecule has 0 aliphatic carbocycles. The molecule has 1 aromatic rings. The molecule has 22 heavy (non-hydrogen) atoms. The van der Waals surface area contributed by atoms with Gasteiger partial charge < -0.3 is 9.47 Å². The molecule has 0 unspecified atom stereocenters. The van der Waals surface area contributed by atoms with E-state index in [1.165, 1.54) is 25.0 Å². The monoisotopic (exact) mass is 306 g/mol. The van der Waals surface area contributed by atoms with Crippen molar-refractivity contribution in [2.75, 3.05) is 0 Å². The standard InChI is InChI=1S/C18H26O4/c1-13(21-15(3)19)5-7-17-9-11-18(12-10-17)8-6-14(2)22-16(4)20/h9-14H,5-8H2,1-4H3/t13-,14-/m1/s1. The first kappa shape index (κ1) is 18.2. The highest BCUT2D eigenvalue weighted by Gasteiger charge is 2.07. The second kappa shape index (κ2) is 9.23. The Morgan fingerprint density at radius 2 is 1.14 bits per heavy atom. The van der Waals surface area contributed by atoms with E-state index in [-0.39, 0.29) is 24.1 Å². The summed E-state index contributed by atoms with van der Waals surface area (Å²) in [4.78, 5) is 21.7. The molecule has 4 nitrogen and oxygen atoms in total. The van der Waals surface area contributed by atoms with Gasteiger partial charge in [0.15, 0.2) is 0 Å². The van der Waals surface area contributed by atoms with Crippen LogP contribution < -0.4 is 0 Å². The van der Waals surface area contributed by atoms with Gasteiger partial charge in [-0.2, -0.15) is 0 Å². The molecule has 0 saturated carbocycles.